The van der Waals surface area contributed by atoms with Crippen LogP contribution in [0.2, 0.25) is 0 Å². The molecule has 0 bridgehead atoms. The van der Waals surface area contributed by atoms with Crippen LogP contribution in [-0.2, 0) is 5.41 Å². The van der Waals surface area contributed by atoms with Gasteiger partial charge in [-0.15, -0.1) is 0 Å². The van der Waals surface area contributed by atoms with Crippen molar-refractivity contribution in [3.05, 3.63) is 174 Å². The minimum Gasteiger partial charge on any atom is -0.317 e. The maximum Gasteiger partial charge on any atom is 0.0713 e. The van der Waals surface area contributed by atoms with Gasteiger partial charge in [0.05, 0.1) is 10.9 Å². The summed E-state index contributed by atoms with van der Waals surface area (Å²) < 4.78 is 2.28. The predicted octanol–water partition coefficient (Wildman–Crippen LogP) is 9.28. The molecule has 180 valence electrons. The standard InChI is InChI=1S/C37H27N/c1-3-26-19-20-30(25-27(26)4-2)38-24-23-32-35(38)22-21-34-36(32)31-17-11-12-18-33(31)37(34,28-13-7-5-8-14-28)29-15-9-6-10-16-29/h3-25H,1-2H2. The molecular formula is C37H27N. The second-order valence-corrected chi connectivity index (χ2v) is 9.86. The number of nitrogens with zero attached hydrogens (tertiary/aromatic N) is 1. The van der Waals surface area contributed by atoms with E-state index >= 15 is 0 Å². The normalized spacial score (nSPS) is 13.2. The van der Waals surface area contributed by atoms with Crippen LogP contribution in [0.5, 0.6) is 0 Å². The molecule has 7 rings (SSSR count). The van der Waals surface area contributed by atoms with Gasteiger partial charge in [-0.1, -0.05) is 122 Å². The van der Waals surface area contributed by atoms with Gasteiger partial charge in [0.25, 0.3) is 0 Å². The Morgan fingerprint density at radius 2 is 1.24 bits per heavy atom. The average Bonchev–Trinajstić information content (AvgIpc) is 3.55. The fourth-order valence-electron chi connectivity index (χ4n) is 6.46. The molecule has 0 saturated heterocycles. The average molecular weight is 486 g/mol. The fourth-order valence-corrected chi connectivity index (χ4v) is 6.46. The molecule has 6 aromatic rings. The van der Waals surface area contributed by atoms with Crippen LogP contribution in [0.1, 0.15) is 33.4 Å². The third-order valence-corrected chi connectivity index (χ3v) is 8.08. The van der Waals surface area contributed by atoms with Crippen molar-refractivity contribution in [1.29, 1.82) is 0 Å². The Hall–Kier alpha value is -4.88. The van der Waals surface area contributed by atoms with Crippen molar-refractivity contribution >= 4 is 23.1 Å². The molecule has 0 amide bonds. The molecular weight excluding hydrogens is 458 g/mol. The molecule has 0 fully saturated rings. The Morgan fingerprint density at radius 1 is 0.579 bits per heavy atom. The highest BCUT2D eigenvalue weighted by atomic mass is 15.0. The van der Waals surface area contributed by atoms with Crippen LogP contribution in [0.4, 0.5) is 0 Å². The van der Waals surface area contributed by atoms with E-state index in [1.54, 1.807) is 0 Å². The maximum absolute atomic E-state index is 4.01. The van der Waals surface area contributed by atoms with Gasteiger partial charge >= 0.3 is 0 Å². The summed E-state index contributed by atoms with van der Waals surface area (Å²) in [6, 6.07) is 44.2. The van der Waals surface area contributed by atoms with E-state index in [0.717, 1.165) is 16.8 Å². The summed E-state index contributed by atoms with van der Waals surface area (Å²) in [4.78, 5) is 0. The van der Waals surface area contributed by atoms with E-state index < -0.39 is 0 Å². The number of fused-ring (bicyclic) bond motifs is 5. The monoisotopic (exact) mass is 485 g/mol. The Morgan fingerprint density at radius 3 is 1.92 bits per heavy atom. The molecule has 5 aromatic carbocycles. The number of hydrogen-bond donors (Lipinski definition) is 0. The third kappa shape index (κ3) is 2.99. The van der Waals surface area contributed by atoms with Gasteiger partial charge in [-0.25, -0.2) is 0 Å². The zero-order valence-electron chi connectivity index (χ0n) is 21.1. The van der Waals surface area contributed by atoms with Crippen molar-refractivity contribution in [3.63, 3.8) is 0 Å². The van der Waals surface area contributed by atoms with Crippen LogP contribution in [0.3, 0.4) is 0 Å². The topological polar surface area (TPSA) is 4.93 Å². The van der Waals surface area contributed by atoms with Gasteiger partial charge in [0, 0.05) is 17.3 Å². The number of hydrogen-bond acceptors (Lipinski definition) is 0. The van der Waals surface area contributed by atoms with E-state index in [2.05, 4.69) is 145 Å². The quantitative estimate of drug-likeness (QED) is 0.229. The molecule has 38 heavy (non-hydrogen) atoms. The molecule has 1 aliphatic rings. The van der Waals surface area contributed by atoms with Crippen LogP contribution >= 0.6 is 0 Å². The molecule has 1 aliphatic carbocycles. The van der Waals surface area contributed by atoms with E-state index in [1.807, 2.05) is 12.2 Å². The molecule has 0 saturated carbocycles. The van der Waals surface area contributed by atoms with Gasteiger partial charge in [-0.05, 0) is 68.8 Å². The lowest BCUT2D eigenvalue weighted by Gasteiger charge is -2.33. The van der Waals surface area contributed by atoms with E-state index in [-0.39, 0.29) is 5.41 Å². The lowest BCUT2D eigenvalue weighted by atomic mass is 9.67. The smallest absolute Gasteiger partial charge is 0.0713 e. The summed E-state index contributed by atoms with van der Waals surface area (Å²) in [6.07, 6.45) is 5.97. The Kier molecular flexibility index (Phi) is 5.06. The van der Waals surface area contributed by atoms with Crippen molar-refractivity contribution < 1.29 is 0 Å². The Balaban J connectivity index is 1.56. The van der Waals surface area contributed by atoms with E-state index in [1.165, 1.54) is 44.3 Å². The molecule has 1 heterocycles. The second-order valence-electron chi connectivity index (χ2n) is 9.86. The van der Waals surface area contributed by atoms with Crippen molar-refractivity contribution in [2.45, 2.75) is 5.41 Å². The van der Waals surface area contributed by atoms with Crippen molar-refractivity contribution in [3.8, 4) is 16.8 Å². The molecule has 0 aliphatic heterocycles. The number of aromatic nitrogens is 1. The maximum atomic E-state index is 4.01. The molecule has 1 aromatic heterocycles. The highest BCUT2D eigenvalue weighted by Gasteiger charge is 2.46. The van der Waals surface area contributed by atoms with Crippen molar-refractivity contribution in [1.82, 2.24) is 4.57 Å². The molecule has 0 spiro atoms. The zero-order chi connectivity index (χ0) is 25.7. The van der Waals surface area contributed by atoms with Gasteiger partial charge in [0.15, 0.2) is 0 Å². The van der Waals surface area contributed by atoms with Crippen LogP contribution in [0.15, 0.2) is 141 Å². The highest BCUT2D eigenvalue weighted by molar-refractivity contribution is 6.03. The summed E-state index contributed by atoms with van der Waals surface area (Å²) in [5.74, 6) is 0. The SMILES string of the molecule is C=Cc1ccc(-n2ccc3c4c(ccc32)C(c2ccccc2)(c2ccccc2)c2ccccc2-4)cc1C=C. The van der Waals surface area contributed by atoms with Crippen molar-refractivity contribution in [2.24, 2.45) is 0 Å². The van der Waals surface area contributed by atoms with Crippen LogP contribution in [0.25, 0.3) is 39.9 Å². The summed E-state index contributed by atoms with van der Waals surface area (Å²) in [5, 5.41) is 1.26. The van der Waals surface area contributed by atoms with Crippen molar-refractivity contribution in [2.75, 3.05) is 0 Å². The van der Waals surface area contributed by atoms with E-state index in [4.69, 9.17) is 0 Å². The van der Waals surface area contributed by atoms with Gasteiger partial charge in [-0.3, -0.25) is 0 Å². The molecule has 0 radical (unpaired) electrons. The fraction of sp³-hybridized carbons (Fsp3) is 0.0270. The lowest BCUT2D eigenvalue weighted by Crippen LogP contribution is -2.28. The first kappa shape index (κ1) is 22.3. The molecule has 0 N–H and O–H groups in total. The van der Waals surface area contributed by atoms with Gasteiger partial charge in [0.1, 0.15) is 0 Å². The first-order chi connectivity index (χ1) is 18.8. The molecule has 0 atom stereocenters. The largest absolute Gasteiger partial charge is 0.317 e. The highest BCUT2D eigenvalue weighted by Crippen LogP contribution is 2.57. The van der Waals surface area contributed by atoms with Gasteiger partial charge in [0.2, 0.25) is 0 Å². The Bertz CT molecular complexity index is 1800. The van der Waals surface area contributed by atoms with Gasteiger partial charge < -0.3 is 4.57 Å². The van der Waals surface area contributed by atoms with Crippen LogP contribution in [0, 0.1) is 0 Å². The minimum absolute atomic E-state index is 0.383. The summed E-state index contributed by atoms with van der Waals surface area (Å²) in [6.45, 7) is 7.96. The Labute approximate surface area is 223 Å². The minimum atomic E-state index is -0.383. The van der Waals surface area contributed by atoms with E-state index in [0.29, 0.717) is 0 Å². The first-order valence-electron chi connectivity index (χ1n) is 13.0. The summed E-state index contributed by atoms with van der Waals surface area (Å²) >= 11 is 0. The predicted molar refractivity (Wildman–Crippen MR) is 161 cm³/mol. The summed E-state index contributed by atoms with van der Waals surface area (Å²) in [7, 11) is 0. The molecule has 1 nitrogen and oxygen atoms in total. The number of benzene rings is 5. The molecule has 1 heteroatoms. The molecule has 0 unspecified atom stereocenters. The van der Waals surface area contributed by atoms with E-state index in [9.17, 15) is 0 Å². The van der Waals surface area contributed by atoms with Gasteiger partial charge in [-0.2, -0.15) is 0 Å². The second kappa shape index (κ2) is 8.61. The lowest BCUT2D eigenvalue weighted by molar-refractivity contribution is 0.769. The van der Waals surface area contributed by atoms with Crippen LogP contribution in [-0.4, -0.2) is 4.57 Å². The van der Waals surface area contributed by atoms with Crippen LogP contribution < -0.4 is 0 Å². The zero-order valence-corrected chi connectivity index (χ0v) is 21.1. The first-order valence-corrected chi connectivity index (χ1v) is 13.0. The summed E-state index contributed by atoms with van der Waals surface area (Å²) in [5.41, 5.74) is 11.9. The number of rotatable bonds is 5. The third-order valence-electron chi connectivity index (χ3n) is 8.08.